The predicted molar refractivity (Wildman–Crippen MR) is 96.5 cm³/mol. The number of benzene rings is 2. The molecule has 0 saturated carbocycles. The van der Waals surface area contributed by atoms with E-state index in [4.69, 9.17) is 0 Å². The van der Waals surface area contributed by atoms with Crippen molar-refractivity contribution in [2.24, 2.45) is 0 Å². The maximum absolute atomic E-state index is 13.9. The van der Waals surface area contributed by atoms with E-state index in [2.05, 4.69) is 9.88 Å². The Kier molecular flexibility index (Phi) is 4.13. The van der Waals surface area contributed by atoms with E-state index < -0.39 is 11.6 Å². The van der Waals surface area contributed by atoms with Crippen LogP contribution < -0.4 is 5.32 Å². The lowest BCUT2D eigenvalue weighted by atomic mass is 9.92. The minimum atomic E-state index is -0.792. The van der Waals surface area contributed by atoms with Crippen LogP contribution in [0.4, 0.5) is 14.5 Å². The number of carbonyl (C=O) groups excluding carboxylic acids is 1. The van der Waals surface area contributed by atoms with E-state index in [1.54, 1.807) is 0 Å². The first-order chi connectivity index (χ1) is 12.6. The number of carbonyl (C=O) groups is 1. The Morgan fingerprint density at radius 1 is 1.00 bits per heavy atom. The molecule has 0 saturated heterocycles. The molecule has 2 heterocycles. The third kappa shape index (κ3) is 2.92. The summed E-state index contributed by atoms with van der Waals surface area (Å²) in [5.41, 5.74) is 3.27. The van der Waals surface area contributed by atoms with Crippen molar-refractivity contribution in [2.45, 2.75) is 13.0 Å². The molecule has 1 amide bonds. The average molecular weight is 350 g/mol. The van der Waals surface area contributed by atoms with Gasteiger partial charge in [0.2, 0.25) is 0 Å². The van der Waals surface area contributed by atoms with E-state index in [1.165, 1.54) is 6.07 Å². The van der Waals surface area contributed by atoms with Crippen molar-refractivity contribution in [2.75, 3.05) is 5.32 Å². The quantitative estimate of drug-likeness (QED) is 0.735. The van der Waals surface area contributed by atoms with Crippen LogP contribution in [0.3, 0.4) is 0 Å². The second-order valence-electron chi connectivity index (χ2n) is 6.13. The summed E-state index contributed by atoms with van der Waals surface area (Å²) < 4.78 is 29.1. The second kappa shape index (κ2) is 6.59. The van der Waals surface area contributed by atoms with Crippen LogP contribution in [0.5, 0.6) is 0 Å². The number of hydrogen-bond donors (Lipinski definition) is 1. The molecule has 1 aliphatic heterocycles. The Labute approximate surface area is 149 Å². The van der Waals surface area contributed by atoms with Crippen LogP contribution in [-0.4, -0.2) is 10.5 Å². The number of fused-ring (bicyclic) bond motifs is 1. The zero-order valence-corrected chi connectivity index (χ0v) is 13.9. The van der Waals surface area contributed by atoms with Gasteiger partial charge >= 0.3 is 0 Å². The number of halogens is 2. The Hall–Kier alpha value is -3.21. The summed E-state index contributed by atoms with van der Waals surface area (Å²) in [6, 6.07) is 16.7. The first kappa shape index (κ1) is 16.3. The van der Waals surface area contributed by atoms with Crippen LogP contribution in [-0.2, 0) is 11.3 Å². The summed E-state index contributed by atoms with van der Waals surface area (Å²) in [5.74, 6) is -1.85. The summed E-state index contributed by atoms with van der Waals surface area (Å²) >= 11 is 0. The fraction of sp³-hybridized carbons (Fsp3) is 0.0952. The van der Waals surface area contributed by atoms with Crippen LogP contribution in [0.2, 0.25) is 0 Å². The molecule has 0 unspecified atom stereocenters. The van der Waals surface area contributed by atoms with Gasteiger partial charge < -0.3 is 9.88 Å². The van der Waals surface area contributed by atoms with Crippen molar-refractivity contribution in [3.05, 3.63) is 95.3 Å². The number of anilines is 1. The van der Waals surface area contributed by atoms with Crippen molar-refractivity contribution >= 4 is 17.2 Å². The van der Waals surface area contributed by atoms with E-state index in [0.29, 0.717) is 18.5 Å². The normalized spacial score (nSPS) is 13.5. The van der Waals surface area contributed by atoms with Gasteiger partial charge in [-0.2, -0.15) is 0 Å². The van der Waals surface area contributed by atoms with Crippen molar-refractivity contribution in [1.82, 2.24) is 4.57 Å². The lowest BCUT2D eigenvalue weighted by molar-refractivity contribution is -0.113. The SMILES string of the molecule is O=C(Nc1ccc(F)cc1F)C1=C(c2ccccc2)c2cccn2CC1. The lowest BCUT2D eigenvalue weighted by Crippen LogP contribution is -2.22. The molecule has 26 heavy (non-hydrogen) atoms. The van der Waals surface area contributed by atoms with Gasteiger partial charge in [0.1, 0.15) is 11.6 Å². The molecule has 1 aliphatic rings. The molecule has 0 atom stereocenters. The van der Waals surface area contributed by atoms with E-state index in [0.717, 1.165) is 29.0 Å². The molecule has 0 spiro atoms. The second-order valence-corrected chi connectivity index (χ2v) is 6.13. The maximum Gasteiger partial charge on any atom is 0.252 e. The number of nitrogens with one attached hydrogen (secondary N) is 1. The van der Waals surface area contributed by atoms with Gasteiger partial charge in [-0.3, -0.25) is 4.79 Å². The number of aromatic nitrogens is 1. The van der Waals surface area contributed by atoms with Crippen LogP contribution in [0.25, 0.3) is 5.57 Å². The molecule has 0 fully saturated rings. The van der Waals surface area contributed by atoms with Crippen LogP contribution in [0.15, 0.2) is 72.4 Å². The van der Waals surface area contributed by atoms with Gasteiger partial charge in [-0.15, -0.1) is 0 Å². The molecule has 1 aromatic heterocycles. The molecule has 2 aromatic carbocycles. The first-order valence-corrected chi connectivity index (χ1v) is 8.34. The van der Waals surface area contributed by atoms with Crippen molar-refractivity contribution in [1.29, 1.82) is 0 Å². The van der Waals surface area contributed by atoms with Crippen molar-refractivity contribution < 1.29 is 13.6 Å². The third-order valence-corrected chi connectivity index (χ3v) is 4.51. The topological polar surface area (TPSA) is 34.0 Å². The van der Waals surface area contributed by atoms with Gasteiger partial charge in [0, 0.05) is 35.6 Å². The Balaban J connectivity index is 1.77. The standard InChI is InChI=1S/C21H16F2N2O/c22-15-8-9-18(17(23)13-15)24-21(26)16-10-12-25-11-4-7-19(25)20(16)14-5-2-1-3-6-14/h1-9,11,13H,10,12H2,(H,24,26). The molecule has 0 bridgehead atoms. The highest BCUT2D eigenvalue weighted by Gasteiger charge is 2.25. The number of aryl methyl sites for hydroxylation is 1. The highest BCUT2D eigenvalue weighted by molar-refractivity contribution is 6.11. The molecule has 4 rings (SSSR count). The largest absolute Gasteiger partial charge is 0.347 e. The van der Waals surface area contributed by atoms with E-state index >= 15 is 0 Å². The monoisotopic (exact) mass is 350 g/mol. The van der Waals surface area contributed by atoms with Gasteiger partial charge in [-0.1, -0.05) is 30.3 Å². The maximum atomic E-state index is 13.9. The lowest BCUT2D eigenvalue weighted by Gasteiger charge is -2.23. The molecule has 0 aliphatic carbocycles. The van der Waals surface area contributed by atoms with Gasteiger partial charge in [0.25, 0.3) is 5.91 Å². The Morgan fingerprint density at radius 3 is 2.58 bits per heavy atom. The average Bonchev–Trinajstić information content (AvgIpc) is 3.12. The molecular formula is C21H16F2N2O. The highest BCUT2D eigenvalue weighted by atomic mass is 19.1. The molecule has 3 nitrogen and oxygen atoms in total. The van der Waals surface area contributed by atoms with Crippen LogP contribution >= 0.6 is 0 Å². The molecule has 130 valence electrons. The van der Waals surface area contributed by atoms with Gasteiger partial charge in [0.05, 0.1) is 5.69 Å². The smallest absolute Gasteiger partial charge is 0.252 e. The van der Waals surface area contributed by atoms with Crippen molar-refractivity contribution in [3.63, 3.8) is 0 Å². The van der Waals surface area contributed by atoms with Gasteiger partial charge in [-0.05, 0) is 36.2 Å². The fourth-order valence-electron chi connectivity index (χ4n) is 3.29. The minimum absolute atomic E-state index is 0.0303. The van der Waals surface area contributed by atoms with Gasteiger partial charge in [0.15, 0.2) is 0 Å². The Morgan fingerprint density at radius 2 is 1.81 bits per heavy atom. The third-order valence-electron chi connectivity index (χ3n) is 4.51. The fourth-order valence-corrected chi connectivity index (χ4v) is 3.29. The van der Waals surface area contributed by atoms with Crippen molar-refractivity contribution in [3.8, 4) is 0 Å². The summed E-state index contributed by atoms with van der Waals surface area (Å²) in [7, 11) is 0. The molecule has 1 N–H and O–H groups in total. The molecular weight excluding hydrogens is 334 g/mol. The molecule has 5 heteroatoms. The van der Waals surface area contributed by atoms with Crippen LogP contribution in [0, 0.1) is 11.6 Å². The zero-order valence-electron chi connectivity index (χ0n) is 13.9. The molecule has 3 aromatic rings. The summed E-state index contributed by atoms with van der Waals surface area (Å²) in [6.45, 7) is 0.674. The zero-order chi connectivity index (χ0) is 18.1. The van der Waals surface area contributed by atoms with Gasteiger partial charge in [-0.25, -0.2) is 8.78 Å². The van der Waals surface area contributed by atoms with Crippen LogP contribution in [0.1, 0.15) is 17.7 Å². The highest BCUT2D eigenvalue weighted by Crippen LogP contribution is 2.33. The van der Waals surface area contributed by atoms with E-state index in [1.807, 2.05) is 48.7 Å². The van der Waals surface area contributed by atoms with E-state index in [-0.39, 0.29) is 11.6 Å². The minimum Gasteiger partial charge on any atom is -0.347 e. The summed E-state index contributed by atoms with van der Waals surface area (Å²) in [6.07, 6.45) is 2.51. The summed E-state index contributed by atoms with van der Waals surface area (Å²) in [4.78, 5) is 12.9. The Bertz CT molecular complexity index is 1010. The number of rotatable bonds is 3. The number of amides is 1. The first-order valence-electron chi connectivity index (χ1n) is 8.34. The molecule has 0 radical (unpaired) electrons. The summed E-state index contributed by atoms with van der Waals surface area (Å²) in [5, 5.41) is 2.58. The number of hydrogen-bond acceptors (Lipinski definition) is 1. The predicted octanol–water partition coefficient (Wildman–Crippen LogP) is 4.61. The van der Waals surface area contributed by atoms with E-state index in [9.17, 15) is 13.6 Å². The number of nitrogens with zero attached hydrogens (tertiary/aromatic N) is 1.